The van der Waals surface area contributed by atoms with Crippen molar-refractivity contribution < 1.29 is 33.8 Å². The number of aryl methyl sites for hydroxylation is 1. The molecule has 12 heteroatoms. The zero-order valence-corrected chi connectivity index (χ0v) is 29.6. The summed E-state index contributed by atoms with van der Waals surface area (Å²) in [7, 11) is 1.52. The average Bonchev–Trinajstić information content (AvgIpc) is 3.29. The molecular formula is C39H47N5O7. The first-order valence-electron chi connectivity index (χ1n) is 17.5. The molecule has 12 nitrogen and oxygen atoms in total. The van der Waals surface area contributed by atoms with E-state index in [1.165, 1.54) is 7.11 Å². The van der Waals surface area contributed by atoms with Gasteiger partial charge in [0.05, 0.1) is 19.6 Å². The second-order valence-corrected chi connectivity index (χ2v) is 13.8. The minimum absolute atomic E-state index is 0.0559. The van der Waals surface area contributed by atoms with Crippen LogP contribution in [0.25, 0.3) is 0 Å². The summed E-state index contributed by atoms with van der Waals surface area (Å²) in [6.45, 7) is 5.87. The molecule has 1 saturated heterocycles. The molecule has 0 aromatic heterocycles. The van der Waals surface area contributed by atoms with E-state index in [0.29, 0.717) is 35.5 Å². The molecule has 5 rings (SSSR count). The Kier molecular flexibility index (Phi) is 11.6. The predicted molar refractivity (Wildman–Crippen MR) is 193 cm³/mol. The number of anilines is 2. The lowest BCUT2D eigenvalue weighted by atomic mass is 9.80. The lowest BCUT2D eigenvalue weighted by Gasteiger charge is -2.38. The van der Waals surface area contributed by atoms with E-state index in [4.69, 9.17) is 4.74 Å². The van der Waals surface area contributed by atoms with Gasteiger partial charge in [0.15, 0.2) is 0 Å². The highest BCUT2D eigenvalue weighted by Crippen LogP contribution is 2.43. The van der Waals surface area contributed by atoms with Crippen LogP contribution in [-0.4, -0.2) is 63.4 Å². The Morgan fingerprint density at radius 1 is 0.902 bits per heavy atom. The fraction of sp³-hybridized carbons (Fsp3) is 0.410. The number of benzene rings is 3. The normalized spacial score (nSPS) is 16.6. The third-order valence-corrected chi connectivity index (χ3v) is 9.72. The molecule has 270 valence electrons. The number of nitrogens with zero attached hydrogens (tertiary/aromatic N) is 2. The van der Waals surface area contributed by atoms with E-state index < -0.39 is 41.4 Å². The molecule has 6 amide bonds. The van der Waals surface area contributed by atoms with E-state index in [1.54, 1.807) is 41.3 Å². The van der Waals surface area contributed by atoms with E-state index in [1.807, 2.05) is 57.2 Å². The average molecular weight is 698 g/mol. The Bertz CT molecular complexity index is 1740. The van der Waals surface area contributed by atoms with Gasteiger partial charge in [-0.05, 0) is 79.1 Å². The minimum atomic E-state index is -1.14. The van der Waals surface area contributed by atoms with Gasteiger partial charge in [-0.15, -0.1) is 0 Å². The highest BCUT2D eigenvalue weighted by atomic mass is 16.5. The molecule has 3 aromatic carbocycles. The van der Waals surface area contributed by atoms with E-state index in [9.17, 15) is 29.1 Å². The van der Waals surface area contributed by atoms with Gasteiger partial charge in [-0.3, -0.25) is 14.4 Å². The molecule has 2 fully saturated rings. The van der Waals surface area contributed by atoms with Crippen LogP contribution < -0.4 is 20.7 Å². The van der Waals surface area contributed by atoms with Crippen LogP contribution in [0, 0.1) is 12.8 Å². The number of hydrogen-bond acceptors (Lipinski definition) is 6. The molecule has 2 atom stereocenters. The van der Waals surface area contributed by atoms with E-state index in [-0.39, 0.29) is 31.3 Å². The number of imide groups is 1. The number of methoxy groups -OCH3 is 1. The first-order chi connectivity index (χ1) is 24.4. The van der Waals surface area contributed by atoms with Crippen LogP contribution in [0.4, 0.5) is 21.0 Å². The standard InChI is InChI=1S/C39H47N5O7/c1-25(2)22-33(35(47)41-32(23-34(45)46)28-14-18-30(51-4)19-15-28)44-36(48)39(20-8-5-9-21-39)43(38(44)50)24-27-12-16-29(17-13-27)40-37(49)42-31-11-7-6-10-26(31)3/h6-7,10-19,25,32-33H,5,8-9,20-24H2,1-4H3,(H,41,47)(H,45,46)(H2,40,42,49). The van der Waals surface area contributed by atoms with Crippen LogP contribution >= 0.6 is 0 Å². The number of carboxylic acid groups (broad SMARTS) is 1. The van der Waals surface area contributed by atoms with Crippen molar-refractivity contribution in [3.63, 3.8) is 0 Å². The van der Waals surface area contributed by atoms with Crippen molar-refractivity contribution in [1.82, 2.24) is 15.1 Å². The maximum absolute atomic E-state index is 14.5. The summed E-state index contributed by atoms with van der Waals surface area (Å²) >= 11 is 0. The SMILES string of the molecule is COc1ccc(C(CC(=O)O)NC(=O)C(CC(C)C)N2C(=O)N(Cc3ccc(NC(=O)Nc4ccccc4C)cc3)C3(CCCCC3)C2=O)cc1. The molecule has 1 saturated carbocycles. The predicted octanol–water partition coefficient (Wildman–Crippen LogP) is 6.86. The van der Waals surface area contributed by atoms with Gasteiger partial charge in [-0.1, -0.05) is 75.6 Å². The Hall–Kier alpha value is -5.39. The number of amides is 6. The number of hydrogen-bond donors (Lipinski definition) is 4. The van der Waals surface area contributed by atoms with Crippen molar-refractivity contribution >= 4 is 41.2 Å². The van der Waals surface area contributed by atoms with E-state index in [2.05, 4.69) is 16.0 Å². The molecule has 1 aliphatic carbocycles. The molecular weight excluding hydrogens is 650 g/mol. The first kappa shape index (κ1) is 36.9. The monoisotopic (exact) mass is 697 g/mol. The summed E-state index contributed by atoms with van der Waals surface area (Å²) in [5, 5.41) is 18.2. The Morgan fingerprint density at radius 3 is 2.18 bits per heavy atom. The molecule has 1 aliphatic heterocycles. The van der Waals surface area contributed by atoms with Crippen LogP contribution in [0.3, 0.4) is 0 Å². The summed E-state index contributed by atoms with van der Waals surface area (Å²) in [6.07, 6.45) is 3.26. The number of carbonyl (C=O) groups is 5. The smallest absolute Gasteiger partial charge is 0.328 e. The van der Waals surface area contributed by atoms with Gasteiger partial charge in [0.25, 0.3) is 5.91 Å². The largest absolute Gasteiger partial charge is 0.497 e. The number of para-hydroxylation sites is 1. The second-order valence-electron chi connectivity index (χ2n) is 13.8. The van der Waals surface area contributed by atoms with Gasteiger partial charge in [-0.25, -0.2) is 14.5 Å². The van der Waals surface area contributed by atoms with Crippen molar-refractivity contribution in [1.29, 1.82) is 0 Å². The van der Waals surface area contributed by atoms with Gasteiger partial charge in [-0.2, -0.15) is 0 Å². The van der Waals surface area contributed by atoms with E-state index in [0.717, 1.165) is 35.3 Å². The van der Waals surface area contributed by atoms with Crippen molar-refractivity contribution in [2.75, 3.05) is 17.7 Å². The Balaban J connectivity index is 1.37. The summed E-state index contributed by atoms with van der Waals surface area (Å²) in [5.74, 6) is -1.56. The van der Waals surface area contributed by atoms with Crippen LogP contribution in [0.15, 0.2) is 72.8 Å². The maximum atomic E-state index is 14.5. The molecule has 0 bridgehead atoms. The zero-order valence-electron chi connectivity index (χ0n) is 29.6. The van der Waals surface area contributed by atoms with Crippen molar-refractivity contribution in [3.05, 3.63) is 89.5 Å². The first-order valence-corrected chi connectivity index (χ1v) is 17.5. The fourth-order valence-corrected chi connectivity index (χ4v) is 7.03. The molecule has 0 radical (unpaired) electrons. The number of carbonyl (C=O) groups excluding carboxylic acids is 4. The third-order valence-electron chi connectivity index (χ3n) is 9.72. The van der Waals surface area contributed by atoms with Gasteiger partial charge in [0.1, 0.15) is 17.3 Å². The van der Waals surface area contributed by atoms with Gasteiger partial charge >= 0.3 is 18.0 Å². The lowest BCUT2D eigenvalue weighted by Crippen LogP contribution is -2.53. The minimum Gasteiger partial charge on any atom is -0.497 e. The zero-order chi connectivity index (χ0) is 36.7. The van der Waals surface area contributed by atoms with Gasteiger partial charge in [0, 0.05) is 17.9 Å². The van der Waals surface area contributed by atoms with Crippen LogP contribution in [0.5, 0.6) is 5.75 Å². The molecule has 1 heterocycles. The number of carboxylic acids is 1. The molecule has 51 heavy (non-hydrogen) atoms. The van der Waals surface area contributed by atoms with Gasteiger partial charge in [0.2, 0.25) is 5.91 Å². The summed E-state index contributed by atoms with van der Waals surface area (Å²) in [5.41, 5.74) is 2.43. The van der Waals surface area contributed by atoms with Crippen molar-refractivity contribution in [2.24, 2.45) is 5.92 Å². The van der Waals surface area contributed by atoms with E-state index >= 15 is 0 Å². The number of ether oxygens (including phenoxy) is 1. The number of nitrogens with one attached hydrogen (secondary N) is 3. The number of urea groups is 2. The molecule has 3 aromatic rings. The summed E-state index contributed by atoms with van der Waals surface area (Å²) in [6, 6.07) is 18.4. The second kappa shape index (κ2) is 16.1. The van der Waals surface area contributed by atoms with Gasteiger partial charge < -0.3 is 30.7 Å². The number of rotatable bonds is 13. The highest BCUT2D eigenvalue weighted by molar-refractivity contribution is 6.10. The summed E-state index contributed by atoms with van der Waals surface area (Å²) < 4.78 is 5.23. The van der Waals surface area contributed by atoms with Crippen molar-refractivity contribution in [3.8, 4) is 5.75 Å². The van der Waals surface area contributed by atoms with Crippen molar-refractivity contribution in [2.45, 2.75) is 89.9 Å². The lowest BCUT2D eigenvalue weighted by molar-refractivity contribution is -0.142. The maximum Gasteiger partial charge on any atom is 0.328 e. The third kappa shape index (κ3) is 8.50. The highest BCUT2D eigenvalue weighted by Gasteiger charge is 2.59. The topological polar surface area (TPSA) is 157 Å². The Labute approximate surface area is 298 Å². The van der Waals surface area contributed by atoms with Crippen LogP contribution in [-0.2, 0) is 20.9 Å². The molecule has 2 unspecified atom stereocenters. The molecule has 2 aliphatic rings. The van der Waals surface area contributed by atoms with Crippen LogP contribution in [0.1, 0.15) is 81.5 Å². The number of aliphatic carboxylic acids is 1. The quantitative estimate of drug-likeness (QED) is 0.142. The Morgan fingerprint density at radius 2 is 1.57 bits per heavy atom. The van der Waals surface area contributed by atoms with Crippen LogP contribution in [0.2, 0.25) is 0 Å². The fourth-order valence-electron chi connectivity index (χ4n) is 7.03. The molecule has 4 N–H and O–H groups in total. The molecule has 1 spiro atoms. The summed E-state index contributed by atoms with van der Waals surface area (Å²) in [4.78, 5) is 70.3.